The normalized spacial score (nSPS) is 20.2. The number of nitrogens with zero attached hydrogens (tertiary/aromatic N) is 2. The summed E-state index contributed by atoms with van der Waals surface area (Å²) in [6, 6.07) is 4.30. The second kappa shape index (κ2) is 9.57. The molecule has 5 rings (SSSR count). The predicted molar refractivity (Wildman–Crippen MR) is 121 cm³/mol. The molecule has 3 aliphatic rings. The van der Waals surface area contributed by atoms with Crippen molar-refractivity contribution < 1.29 is 36.2 Å². The Bertz CT molecular complexity index is 1140. The topological polar surface area (TPSA) is 156 Å². The van der Waals surface area contributed by atoms with E-state index in [1.165, 1.54) is 65.2 Å². The number of piperazine rings is 3. The maximum Gasteiger partial charge on any atom is 0.294 e. The predicted octanol–water partition coefficient (Wildman–Crippen LogP) is 1.42. The molecule has 0 aromatic heterocycles. The lowest BCUT2D eigenvalue weighted by Crippen LogP contribution is -2.55. The van der Waals surface area contributed by atoms with Gasteiger partial charge in [0.25, 0.3) is 20.2 Å². The van der Waals surface area contributed by atoms with Gasteiger partial charge >= 0.3 is 0 Å². The maximum absolute atomic E-state index is 11.5. The molecule has 3 saturated heterocycles. The minimum absolute atomic E-state index is 0.0211. The minimum atomic E-state index is -4.68. The molecule has 182 valence electrons. The Morgan fingerprint density at radius 3 is 1.21 bits per heavy atom. The fourth-order valence-corrected chi connectivity index (χ4v) is 5.40. The number of hydrogen-bond acceptors (Lipinski definition) is 8. The monoisotopic (exact) mass is 500 g/mol. The lowest BCUT2D eigenvalue weighted by Gasteiger charge is -2.41. The Morgan fingerprint density at radius 1 is 0.667 bits per heavy atom. The first-order valence-electron chi connectivity index (χ1n) is 10.3. The van der Waals surface area contributed by atoms with Crippen molar-refractivity contribution >= 4 is 20.2 Å². The average molecular weight is 501 g/mol. The highest BCUT2D eigenvalue weighted by Gasteiger charge is 2.23. The number of aryl methyl sites for hydroxylation is 2. The van der Waals surface area contributed by atoms with Gasteiger partial charge in [0.2, 0.25) is 0 Å². The number of aromatic hydroxyl groups is 2. The van der Waals surface area contributed by atoms with Crippen molar-refractivity contribution in [1.29, 1.82) is 0 Å². The van der Waals surface area contributed by atoms with Crippen LogP contribution in [0.25, 0.3) is 0 Å². The minimum Gasteiger partial charge on any atom is -0.508 e. The van der Waals surface area contributed by atoms with Gasteiger partial charge in [-0.3, -0.25) is 18.9 Å². The van der Waals surface area contributed by atoms with Crippen molar-refractivity contribution in [1.82, 2.24) is 9.80 Å². The van der Waals surface area contributed by atoms with Crippen LogP contribution < -0.4 is 0 Å². The molecule has 0 spiro atoms. The maximum atomic E-state index is 11.5. The van der Waals surface area contributed by atoms with E-state index in [0.717, 1.165) is 12.1 Å². The van der Waals surface area contributed by atoms with Gasteiger partial charge in [0.15, 0.2) is 0 Å². The second-order valence-corrected chi connectivity index (χ2v) is 11.1. The zero-order valence-corrected chi connectivity index (χ0v) is 20.0. The van der Waals surface area contributed by atoms with Gasteiger partial charge in [0, 0.05) is 57.8 Å². The van der Waals surface area contributed by atoms with Crippen molar-refractivity contribution in [3.63, 3.8) is 0 Å². The molecule has 2 aromatic carbocycles. The lowest BCUT2D eigenvalue weighted by molar-refractivity contribution is 0.0647. The van der Waals surface area contributed by atoms with E-state index >= 15 is 0 Å². The van der Waals surface area contributed by atoms with Crippen molar-refractivity contribution in [2.45, 2.75) is 30.1 Å². The summed E-state index contributed by atoms with van der Waals surface area (Å²) in [6.07, 6.45) is -0.285. The molecule has 2 bridgehead atoms. The molecule has 0 unspecified atom stereocenters. The highest BCUT2D eigenvalue weighted by Crippen LogP contribution is 2.31. The fraction of sp³-hybridized carbons (Fsp3) is 0.429. The SMILES string of the molecule is C1CN2CCN1CC2.Cc1cc(Cc2cc(C)c(O)cc2S(=O)(=O)O)c(S(=O)(=O)O)cc1O. The van der Waals surface area contributed by atoms with Crippen LogP contribution >= 0.6 is 0 Å². The Morgan fingerprint density at radius 2 is 0.970 bits per heavy atom. The van der Waals surface area contributed by atoms with E-state index in [1.54, 1.807) is 0 Å². The van der Waals surface area contributed by atoms with E-state index < -0.39 is 30.0 Å². The van der Waals surface area contributed by atoms with Crippen LogP contribution in [0, 0.1) is 13.8 Å². The molecule has 0 atom stereocenters. The summed E-state index contributed by atoms with van der Waals surface area (Å²) in [5.74, 6) is -0.707. The van der Waals surface area contributed by atoms with Crippen LogP contribution in [-0.2, 0) is 26.7 Å². The molecular formula is C21H28N2O8S2. The highest BCUT2D eigenvalue weighted by molar-refractivity contribution is 7.86. The number of hydrogen-bond donors (Lipinski definition) is 4. The van der Waals surface area contributed by atoms with Crippen LogP contribution in [0.2, 0.25) is 0 Å². The van der Waals surface area contributed by atoms with E-state index in [1.807, 2.05) is 0 Å². The third kappa shape index (κ3) is 6.22. The summed E-state index contributed by atoms with van der Waals surface area (Å²) >= 11 is 0. The van der Waals surface area contributed by atoms with Gasteiger partial charge in [-0.2, -0.15) is 16.8 Å². The zero-order valence-electron chi connectivity index (χ0n) is 18.4. The molecule has 3 heterocycles. The smallest absolute Gasteiger partial charge is 0.294 e. The summed E-state index contributed by atoms with van der Waals surface area (Å²) in [4.78, 5) is 3.92. The number of phenolic OH excluding ortho intramolecular Hbond substituents is 2. The zero-order chi connectivity index (χ0) is 24.6. The van der Waals surface area contributed by atoms with E-state index in [2.05, 4.69) is 9.80 Å². The third-order valence-electron chi connectivity index (χ3n) is 5.89. The van der Waals surface area contributed by atoms with E-state index in [0.29, 0.717) is 11.1 Å². The summed E-state index contributed by atoms with van der Waals surface area (Å²) < 4.78 is 64.9. The second-order valence-electron chi connectivity index (χ2n) is 8.30. The molecule has 10 nitrogen and oxygen atoms in total. The molecule has 3 aliphatic heterocycles. The quantitative estimate of drug-likeness (QED) is 0.453. The third-order valence-corrected chi connectivity index (χ3v) is 7.76. The fourth-order valence-electron chi connectivity index (χ4n) is 3.96. The number of benzene rings is 2. The molecule has 0 radical (unpaired) electrons. The summed E-state index contributed by atoms with van der Waals surface area (Å²) in [7, 11) is -9.36. The van der Waals surface area contributed by atoms with Gasteiger partial charge < -0.3 is 10.2 Å². The summed E-state index contributed by atoms with van der Waals surface area (Å²) in [6.45, 7) is 10.9. The standard InChI is InChI=1S/C15H16O8S2.C6H12N2/c1-8-3-10(14(6-12(8)16)24(18,19)20)5-11-4-9(2)13(17)7-15(11)25(21,22)23;1-2-8-5-3-7(1)4-6-8/h3-4,6-7,16-17H,5H2,1-2H3,(H,18,19,20)(H,21,22,23);1-6H2. The van der Waals surface area contributed by atoms with Crippen molar-refractivity contribution in [2.24, 2.45) is 0 Å². The van der Waals surface area contributed by atoms with Gasteiger partial charge in [0.1, 0.15) is 21.3 Å². The number of rotatable bonds is 4. The van der Waals surface area contributed by atoms with Gasteiger partial charge in [-0.05, 0) is 36.1 Å². The molecule has 4 N–H and O–H groups in total. The van der Waals surface area contributed by atoms with Crippen molar-refractivity contribution in [3.8, 4) is 11.5 Å². The van der Waals surface area contributed by atoms with Gasteiger partial charge in [-0.15, -0.1) is 0 Å². The lowest BCUT2D eigenvalue weighted by atomic mass is 10.0. The van der Waals surface area contributed by atoms with Crippen molar-refractivity contribution in [2.75, 3.05) is 39.3 Å². The Balaban J connectivity index is 0.000000316. The van der Waals surface area contributed by atoms with Crippen LogP contribution in [0.1, 0.15) is 22.3 Å². The molecule has 0 amide bonds. The molecule has 3 fully saturated rings. The summed E-state index contributed by atoms with van der Waals surface area (Å²) in [5, 5.41) is 19.3. The van der Waals surface area contributed by atoms with Crippen LogP contribution in [0.3, 0.4) is 0 Å². The Labute approximate surface area is 193 Å². The molecule has 12 heteroatoms. The largest absolute Gasteiger partial charge is 0.508 e. The first-order chi connectivity index (χ1) is 15.3. The van der Waals surface area contributed by atoms with Gasteiger partial charge in [-0.1, -0.05) is 12.1 Å². The molecule has 33 heavy (non-hydrogen) atoms. The highest BCUT2D eigenvalue weighted by atomic mass is 32.2. The van der Waals surface area contributed by atoms with E-state index in [-0.39, 0.29) is 29.0 Å². The molecule has 0 aliphatic carbocycles. The molecule has 2 aromatic rings. The Kier molecular flexibility index (Phi) is 7.36. The van der Waals surface area contributed by atoms with E-state index in [4.69, 9.17) is 0 Å². The number of fused-ring (bicyclic) bond motifs is 3. The van der Waals surface area contributed by atoms with E-state index in [9.17, 15) is 36.2 Å². The van der Waals surface area contributed by atoms with Crippen molar-refractivity contribution in [3.05, 3.63) is 46.5 Å². The molecular weight excluding hydrogens is 472 g/mol. The first-order valence-corrected chi connectivity index (χ1v) is 13.2. The van der Waals surface area contributed by atoms with Crippen LogP contribution in [0.5, 0.6) is 11.5 Å². The van der Waals surface area contributed by atoms with Crippen LogP contribution in [0.15, 0.2) is 34.1 Å². The molecule has 0 saturated carbocycles. The Hall–Kier alpha value is -2.22. The first kappa shape index (κ1) is 25.4. The summed E-state index contributed by atoms with van der Waals surface area (Å²) in [5.41, 5.74) is 0.665. The van der Waals surface area contributed by atoms with Crippen LogP contribution in [0.4, 0.5) is 0 Å². The van der Waals surface area contributed by atoms with Gasteiger partial charge in [0.05, 0.1) is 0 Å². The average Bonchev–Trinajstić information content (AvgIpc) is 2.73. The van der Waals surface area contributed by atoms with Gasteiger partial charge in [-0.25, -0.2) is 0 Å². The van der Waals surface area contributed by atoms with Crippen LogP contribution in [-0.4, -0.2) is 85.2 Å². The number of phenols is 2.